The van der Waals surface area contributed by atoms with Crippen molar-refractivity contribution in [3.63, 3.8) is 0 Å². The smallest absolute Gasteiger partial charge is 0.321 e. The van der Waals surface area contributed by atoms with Crippen LogP contribution >= 0.6 is 11.6 Å². The van der Waals surface area contributed by atoms with Crippen LogP contribution in [0.15, 0.2) is 53.4 Å². The number of nitro groups is 1. The van der Waals surface area contributed by atoms with Gasteiger partial charge in [-0.05, 0) is 36.8 Å². The van der Waals surface area contributed by atoms with Gasteiger partial charge in [-0.3, -0.25) is 14.9 Å². The Hall–Kier alpha value is -2.49. The van der Waals surface area contributed by atoms with Gasteiger partial charge < -0.3 is 5.11 Å². The van der Waals surface area contributed by atoms with E-state index in [0.29, 0.717) is 10.6 Å². The maximum atomic E-state index is 12.9. The van der Waals surface area contributed by atoms with Crippen molar-refractivity contribution in [3.8, 4) is 0 Å². The molecule has 0 radical (unpaired) electrons. The number of nitrogens with zero attached hydrogens (tertiary/aromatic N) is 2. The number of carboxylic acid groups (broad SMARTS) is 1. The van der Waals surface area contributed by atoms with Crippen molar-refractivity contribution in [1.29, 1.82) is 0 Å². The Bertz CT molecular complexity index is 913. The average molecular weight is 399 g/mol. The van der Waals surface area contributed by atoms with Crippen LogP contribution in [-0.4, -0.2) is 34.8 Å². The lowest BCUT2D eigenvalue weighted by molar-refractivity contribution is -0.384. The predicted molar refractivity (Wildman–Crippen MR) is 94.4 cm³/mol. The van der Waals surface area contributed by atoms with Crippen LogP contribution in [0.1, 0.15) is 12.5 Å². The summed E-state index contributed by atoms with van der Waals surface area (Å²) >= 11 is 5.77. The van der Waals surface area contributed by atoms with Crippen LogP contribution in [0, 0.1) is 10.1 Å². The Balaban J connectivity index is 2.41. The molecule has 0 unspecified atom stereocenters. The molecule has 1 N–H and O–H groups in total. The Kier molecular flexibility index (Phi) is 5.96. The first-order valence-electron chi connectivity index (χ1n) is 7.36. The molecule has 2 aromatic rings. The van der Waals surface area contributed by atoms with Gasteiger partial charge in [0.05, 0.1) is 9.82 Å². The number of hydrogen-bond acceptors (Lipinski definition) is 5. The molecule has 0 aromatic heterocycles. The van der Waals surface area contributed by atoms with Crippen molar-refractivity contribution < 1.29 is 23.2 Å². The molecule has 26 heavy (non-hydrogen) atoms. The number of sulfonamides is 1. The number of benzene rings is 2. The Morgan fingerprint density at radius 3 is 2.19 bits per heavy atom. The van der Waals surface area contributed by atoms with Crippen LogP contribution in [0.3, 0.4) is 0 Å². The van der Waals surface area contributed by atoms with E-state index in [1.54, 1.807) is 0 Å². The molecule has 0 aliphatic heterocycles. The highest BCUT2D eigenvalue weighted by molar-refractivity contribution is 7.89. The van der Waals surface area contributed by atoms with Gasteiger partial charge in [-0.25, -0.2) is 8.42 Å². The first kappa shape index (κ1) is 19.8. The summed E-state index contributed by atoms with van der Waals surface area (Å²) in [5.74, 6) is -1.32. The first-order chi connectivity index (χ1) is 12.1. The van der Waals surface area contributed by atoms with Crippen LogP contribution in [0.4, 0.5) is 5.69 Å². The van der Waals surface area contributed by atoms with Crippen LogP contribution in [0.2, 0.25) is 5.02 Å². The fourth-order valence-electron chi connectivity index (χ4n) is 2.20. The molecule has 2 aromatic carbocycles. The molecule has 1 atom stereocenters. The van der Waals surface area contributed by atoms with Gasteiger partial charge in [-0.1, -0.05) is 23.7 Å². The first-order valence-corrected chi connectivity index (χ1v) is 9.18. The van der Waals surface area contributed by atoms with E-state index >= 15 is 0 Å². The number of rotatable bonds is 7. The molecule has 8 nitrogen and oxygen atoms in total. The number of non-ortho nitro benzene ring substituents is 1. The minimum absolute atomic E-state index is 0.100. The molecule has 0 saturated heterocycles. The van der Waals surface area contributed by atoms with Crippen molar-refractivity contribution in [2.45, 2.75) is 24.4 Å². The Morgan fingerprint density at radius 1 is 1.19 bits per heavy atom. The predicted octanol–water partition coefficient (Wildman–Crippen LogP) is 2.91. The molecule has 138 valence electrons. The van der Waals surface area contributed by atoms with Crippen molar-refractivity contribution in [1.82, 2.24) is 4.31 Å². The molecule has 0 aliphatic rings. The van der Waals surface area contributed by atoms with Gasteiger partial charge in [0.2, 0.25) is 10.0 Å². The van der Waals surface area contributed by atoms with Gasteiger partial charge in [0.25, 0.3) is 5.69 Å². The SMILES string of the molecule is C[C@@H](C(=O)O)N(Cc1ccc([N+](=O)[O-])cc1)S(=O)(=O)c1ccc(Cl)cc1. The standard InChI is InChI=1S/C16H15ClN2O6S/c1-11(16(20)21)18(10-12-2-6-14(7-3-12)19(22)23)26(24,25)15-8-4-13(17)5-9-15/h2-9,11H,10H2,1H3,(H,20,21)/t11-/m0/s1. The molecule has 0 saturated carbocycles. The van der Waals surface area contributed by atoms with Crippen molar-refractivity contribution in [2.75, 3.05) is 0 Å². The lowest BCUT2D eigenvalue weighted by Crippen LogP contribution is -2.42. The summed E-state index contributed by atoms with van der Waals surface area (Å²) in [5.41, 5.74) is 0.272. The monoisotopic (exact) mass is 398 g/mol. The molecule has 0 amide bonds. The van der Waals surface area contributed by atoms with Gasteiger partial charge in [-0.2, -0.15) is 4.31 Å². The fourth-order valence-corrected chi connectivity index (χ4v) is 3.90. The van der Waals surface area contributed by atoms with Crippen molar-refractivity contribution in [2.24, 2.45) is 0 Å². The largest absolute Gasteiger partial charge is 0.480 e. The minimum Gasteiger partial charge on any atom is -0.480 e. The van der Waals surface area contributed by atoms with Gasteiger partial charge in [0, 0.05) is 23.7 Å². The maximum Gasteiger partial charge on any atom is 0.321 e. The summed E-state index contributed by atoms with van der Waals surface area (Å²) in [5, 5.41) is 20.3. The topological polar surface area (TPSA) is 118 Å². The molecular weight excluding hydrogens is 384 g/mol. The van der Waals surface area contributed by atoms with Gasteiger partial charge >= 0.3 is 5.97 Å². The lowest BCUT2D eigenvalue weighted by Gasteiger charge is -2.26. The maximum absolute atomic E-state index is 12.9. The van der Waals surface area contributed by atoms with E-state index in [1.165, 1.54) is 55.5 Å². The number of carbonyl (C=O) groups is 1. The van der Waals surface area contributed by atoms with E-state index < -0.39 is 27.0 Å². The number of halogens is 1. The zero-order valence-electron chi connectivity index (χ0n) is 13.6. The quantitative estimate of drug-likeness (QED) is 0.565. The molecule has 2 rings (SSSR count). The van der Waals surface area contributed by atoms with E-state index in [9.17, 15) is 28.4 Å². The third kappa shape index (κ3) is 4.37. The summed E-state index contributed by atoms with van der Waals surface area (Å²) in [6.45, 7) is 0.998. The molecule has 0 fully saturated rings. The Morgan fingerprint density at radius 2 is 1.73 bits per heavy atom. The highest BCUT2D eigenvalue weighted by Crippen LogP contribution is 2.23. The third-order valence-electron chi connectivity index (χ3n) is 3.70. The second-order valence-electron chi connectivity index (χ2n) is 5.44. The minimum atomic E-state index is -4.13. The van der Waals surface area contributed by atoms with Crippen LogP contribution < -0.4 is 0 Å². The molecular formula is C16H15ClN2O6S. The highest BCUT2D eigenvalue weighted by atomic mass is 35.5. The van der Waals surface area contributed by atoms with Crippen LogP contribution in [-0.2, 0) is 21.4 Å². The molecule has 0 heterocycles. The zero-order valence-corrected chi connectivity index (χ0v) is 15.1. The van der Waals surface area contributed by atoms with E-state index in [4.69, 9.17) is 11.6 Å². The normalized spacial score (nSPS) is 12.7. The van der Waals surface area contributed by atoms with Crippen LogP contribution in [0.5, 0.6) is 0 Å². The summed E-state index contributed by atoms with van der Waals surface area (Å²) in [6, 6.07) is 9.25. The second-order valence-corrected chi connectivity index (χ2v) is 7.77. The molecule has 0 spiro atoms. The molecule has 10 heteroatoms. The van der Waals surface area contributed by atoms with Crippen LogP contribution in [0.25, 0.3) is 0 Å². The second kappa shape index (κ2) is 7.81. The number of aliphatic carboxylic acids is 1. The van der Waals surface area contributed by atoms with E-state index in [1.807, 2.05) is 0 Å². The molecule has 0 aliphatic carbocycles. The fraction of sp³-hybridized carbons (Fsp3) is 0.188. The van der Waals surface area contributed by atoms with E-state index in [-0.39, 0.29) is 17.1 Å². The molecule has 0 bridgehead atoms. The third-order valence-corrected chi connectivity index (χ3v) is 5.88. The lowest BCUT2D eigenvalue weighted by atomic mass is 10.2. The van der Waals surface area contributed by atoms with E-state index in [2.05, 4.69) is 0 Å². The summed E-state index contributed by atoms with van der Waals surface area (Å²) in [7, 11) is -4.13. The van der Waals surface area contributed by atoms with Gasteiger partial charge in [-0.15, -0.1) is 0 Å². The van der Waals surface area contributed by atoms with Gasteiger partial charge in [0.15, 0.2) is 0 Å². The zero-order chi connectivity index (χ0) is 19.5. The highest BCUT2D eigenvalue weighted by Gasteiger charge is 2.33. The summed E-state index contributed by atoms with van der Waals surface area (Å²) in [4.78, 5) is 21.4. The summed E-state index contributed by atoms with van der Waals surface area (Å²) < 4.78 is 26.6. The van der Waals surface area contributed by atoms with E-state index in [0.717, 1.165) is 4.31 Å². The number of nitro benzene ring substituents is 1. The Labute approximate surface area is 154 Å². The summed E-state index contributed by atoms with van der Waals surface area (Å²) in [6.07, 6.45) is 0. The van der Waals surface area contributed by atoms with Crippen molar-refractivity contribution >= 4 is 33.3 Å². The van der Waals surface area contributed by atoms with Crippen molar-refractivity contribution in [3.05, 3.63) is 69.2 Å². The number of hydrogen-bond donors (Lipinski definition) is 1. The van der Waals surface area contributed by atoms with Gasteiger partial charge in [0.1, 0.15) is 6.04 Å². The number of carboxylic acids is 1. The average Bonchev–Trinajstić information content (AvgIpc) is 2.59.